The molecule has 0 bridgehead atoms. The minimum Gasteiger partial charge on any atom is -0.497 e. The average molecular weight is 260 g/mol. The summed E-state index contributed by atoms with van der Waals surface area (Å²) in [4.78, 5) is 12.1. The Morgan fingerprint density at radius 2 is 2.11 bits per heavy atom. The summed E-state index contributed by atoms with van der Waals surface area (Å²) in [6, 6.07) is 8.66. The number of carbonyl (C=O) groups excluding carboxylic acids is 1. The summed E-state index contributed by atoms with van der Waals surface area (Å²) in [6.07, 6.45) is 0. The van der Waals surface area contributed by atoms with Crippen molar-refractivity contribution in [3.8, 4) is 5.75 Å². The summed E-state index contributed by atoms with van der Waals surface area (Å²) >= 11 is 0. The number of hydrogen-bond donors (Lipinski definition) is 2. The molecule has 0 aliphatic heterocycles. The van der Waals surface area contributed by atoms with E-state index in [2.05, 4.69) is 10.4 Å². The van der Waals surface area contributed by atoms with Crippen molar-refractivity contribution >= 4 is 17.4 Å². The topological polar surface area (TPSA) is 82.2 Å². The Kier molecular flexibility index (Phi) is 3.70. The van der Waals surface area contributed by atoms with Crippen molar-refractivity contribution in [2.24, 2.45) is 0 Å². The molecule has 0 aliphatic carbocycles. The number of aryl methyl sites for hydroxylation is 1. The fourth-order valence-electron chi connectivity index (χ4n) is 1.73. The van der Waals surface area contributed by atoms with Crippen molar-refractivity contribution in [2.45, 2.75) is 13.5 Å². The lowest BCUT2D eigenvalue weighted by Gasteiger charge is -2.07. The first kappa shape index (κ1) is 12.9. The number of nitrogens with one attached hydrogen (secondary N) is 1. The molecule has 1 amide bonds. The molecule has 100 valence electrons. The van der Waals surface area contributed by atoms with Crippen LogP contribution >= 0.6 is 0 Å². The summed E-state index contributed by atoms with van der Waals surface area (Å²) in [5, 5.41) is 6.82. The van der Waals surface area contributed by atoms with Crippen LogP contribution in [0.15, 0.2) is 30.3 Å². The van der Waals surface area contributed by atoms with Gasteiger partial charge in [-0.2, -0.15) is 5.10 Å². The SMILES string of the molecule is CCn1nc(N)cc1C(=O)Nc1ccc(OC)cc1. The third-order valence-corrected chi connectivity index (χ3v) is 2.68. The highest BCUT2D eigenvalue weighted by molar-refractivity contribution is 6.03. The average Bonchev–Trinajstić information content (AvgIpc) is 2.81. The van der Waals surface area contributed by atoms with E-state index >= 15 is 0 Å². The van der Waals surface area contributed by atoms with Crippen LogP contribution in [-0.4, -0.2) is 22.8 Å². The zero-order valence-electron chi connectivity index (χ0n) is 10.9. The molecule has 0 radical (unpaired) electrons. The van der Waals surface area contributed by atoms with Crippen molar-refractivity contribution in [3.63, 3.8) is 0 Å². The Hall–Kier alpha value is -2.50. The summed E-state index contributed by atoms with van der Waals surface area (Å²) in [7, 11) is 1.59. The fraction of sp³-hybridized carbons (Fsp3) is 0.231. The summed E-state index contributed by atoms with van der Waals surface area (Å²) < 4.78 is 6.62. The maximum absolute atomic E-state index is 12.1. The molecule has 0 unspecified atom stereocenters. The molecule has 1 aromatic heterocycles. The number of nitrogen functional groups attached to an aromatic ring is 1. The Bertz CT molecular complexity index is 575. The van der Waals surface area contributed by atoms with Crippen molar-refractivity contribution in [3.05, 3.63) is 36.0 Å². The van der Waals surface area contributed by atoms with Crippen molar-refractivity contribution < 1.29 is 9.53 Å². The first-order valence-corrected chi connectivity index (χ1v) is 5.92. The van der Waals surface area contributed by atoms with E-state index in [0.29, 0.717) is 23.7 Å². The van der Waals surface area contributed by atoms with E-state index in [1.54, 1.807) is 42.1 Å². The van der Waals surface area contributed by atoms with Crippen LogP contribution in [0.4, 0.5) is 11.5 Å². The summed E-state index contributed by atoms with van der Waals surface area (Å²) in [6.45, 7) is 2.49. The molecule has 2 rings (SSSR count). The minimum absolute atomic E-state index is 0.240. The maximum Gasteiger partial charge on any atom is 0.274 e. The molecular formula is C13H16N4O2. The Labute approximate surface area is 111 Å². The molecule has 3 N–H and O–H groups in total. The van der Waals surface area contributed by atoms with E-state index in [4.69, 9.17) is 10.5 Å². The normalized spacial score (nSPS) is 10.2. The number of ether oxygens (including phenoxy) is 1. The molecule has 6 heteroatoms. The molecule has 0 saturated heterocycles. The number of rotatable bonds is 4. The third-order valence-electron chi connectivity index (χ3n) is 2.68. The van der Waals surface area contributed by atoms with Gasteiger partial charge in [0, 0.05) is 18.3 Å². The number of amides is 1. The second kappa shape index (κ2) is 5.43. The summed E-state index contributed by atoms with van der Waals surface area (Å²) in [5.74, 6) is 0.832. The van der Waals surface area contributed by atoms with Crippen LogP contribution < -0.4 is 15.8 Å². The lowest BCUT2D eigenvalue weighted by atomic mass is 10.3. The molecule has 0 fully saturated rings. The molecule has 1 aromatic carbocycles. The molecule has 0 aliphatic rings. The van der Waals surface area contributed by atoms with Crippen molar-refractivity contribution in [1.29, 1.82) is 0 Å². The first-order chi connectivity index (χ1) is 9.13. The van der Waals surface area contributed by atoms with Crippen LogP contribution in [0.1, 0.15) is 17.4 Å². The van der Waals surface area contributed by atoms with E-state index in [1.807, 2.05) is 6.92 Å². The zero-order chi connectivity index (χ0) is 13.8. The van der Waals surface area contributed by atoms with Crippen LogP contribution in [0.25, 0.3) is 0 Å². The number of nitrogens with zero attached hydrogens (tertiary/aromatic N) is 2. The fourth-order valence-corrected chi connectivity index (χ4v) is 1.73. The number of anilines is 2. The monoisotopic (exact) mass is 260 g/mol. The number of nitrogens with two attached hydrogens (primary N) is 1. The van der Waals surface area contributed by atoms with Crippen LogP contribution in [0.3, 0.4) is 0 Å². The number of aromatic nitrogens is 2. The predicted octanol–water partition coefficient (Wildman–Crippen LogP) is 1.75. The zero-order valence-corrected chi connectivity index (χ0v) is 10.9. The number of carbonyl (C=O) groups is 1. The molecule has 6 nitrogen and oxygen atoms in total. The van der Waals surface area contributed by atoms with Gasteiger partial charge in [-0.05, 0) is 31.2 Å². The predicted molar refractivity (Wildman–Crippen MR) is 73.3 cm³/mol. The Morgan fingerprint density at radius 3 is 2.68 bits per heavy atom. The van der Waals surface area contributed by atoms with E-state index in [-0.39, 0.29) is 5.91 Å². The molecule has 0 atom stereocenters. The highest BCUT2D eigenvalue weighted by Gasteiger charge is 2.13. The van der Waals surface area contributed by atoms with Crippen molar-refractivity contribution in [1.82, 2.24) is 9.78 Å². The second-order valence-corrected chi connectivity index (χ2v) is 3.95. The summed E-state index contributed by atoms with van der Waals surface area (Å²) in [5.41, 5.74) is 6.72. The van der Waals surface area contributed by atoms with Crippen LogP contribution in [0.2, 0.25) is 0 Å². The Balaban J connectivity index is 2.15. The number of methoxy groups -OCH3 is 1. The largest absolute Gasteiger partial charge is 0.497 e. The smallest absolute Gasteiger partial charge is 0.274 e. The molecule has 0 spiro atoms. The van der Waals surface area contributed by atoms with Gasteiger partial charge in [0.15, 0.2) is 0 Å². The van der Waals surface area contributed by atoms with Gasteiger partial charge in [-0.15, -0.1) is 0 Å². The number of benzene rings is 1. The van der Waals surface area contributed by atoms with Gasteiger partial charge in [-0.3, -0.25) is 9.48 Å². The first-order valence-electron chi connectivity index (χ1n) is 5.92. The second-order valence-electron chi connectivity index (χ2n) is 3.95. The van der Waals surface area contributed by atoms with Gasteiger partial charge in [0.25, 0.3) is 5.91 Å². The van der Waals surface area contributed by atoms with Crippen LogP contribution in [0.5, 0.6) is 5.75 Å². The quantitative estimate of drug-likeness (QED) is 0.877. The maximum atomic E-state index is 12.1. The highest BCUT2D eigenvalue weighted by Crippen LogP contribution is 2.16. The standard InChI is InChI=1S/C13H16N4O2/c1-3-17-11(8-12(14)16-17)13(18)15-9-4-6-10(19-2)7-5-9/h4-8H,3H2,1-2H3,(H2,14,16)(H,15,18). The third kappa shape index (κ3) is 2.85. The van der Waals surface area contributed by atoms with Crippen molar-refractivity contribution in [2.75, 3.05) is 18.2 Å². The molecule has 19 heavy (non-hydrogen) atoms. The van der Waals surface area contributed by atoms with Gasteiger partial charge in [0.1, 0.15) is 17.3 Å². The van der Waals surface area contributed by atoms with Crippen LogP contribution in [-0.2, 0) is 6.54 Å². The van der Waals surface area contributed by atoms with Gasteiger partial charge in [0.05, 0.1) is 7.11 Å². The molecule has 0 saturated carbocycles. The van der Waals surface area contributed by atoms with Gasteiger partial charge >= 0.3 is 0 Å². The van der Waals surface area contributed by atoms with E-state index in [0.717, 1.165) is 5.75 Å². The lowest BCUT2D eigenvalue weighted by molar-refractivity contribution is 0.101. The van der Waals surface area contributed by atoms with E-state index < -0.39 is 0 Å². The molecule has 1 heterocycles. The van der Waals surface area contributed by atoms with Gasteiger partial charge in [-0.25, -0.2) is 0 Å². The number of hydrogen-bond acceptors (Lipinski definition) is 4. The van der Waals surface area contributed by atoms with Crippen LogP contribution in [0, 0.1) is 0 Å². The Morgan fingerprint density at radius 1 is 1.42 bits per heavy atom. The van der Waals surface area contributed by atoms with Gasteiger partial charge < -0.3 is 15.8 Å². The molecular weight excluding hydrogens is 244 g/mol. The van der Waals surface area contributed by atoms with E-state index in [1.165, 1.54) is 0 Å². The van der Waals surface area contributed by atoms with E-state index in [9.17, 15) is 4.79 Å². The minimum atomic E-state index is -0.240. The van der Waals surface area contributed by atoms with Gasteiger partial charge in [0.2, 0.25) is 0 Å². The van der Waals surface area contributed by atoms with Gasteiger partial charge in [-0.1, -0.05) is 0 Å². The molecule has 2 aromatic rings. The highest BCUT2D eigenvalue weighted by atomic mass is 16.5. The lowest BCUT2D eigenvalue weighted by Crippen LogP contribution is -2.17.